The normalized spacial score (nSPS) is 30.5. The summed E-state index contributed by atoms with van der Waals surface area (Å²) >= 11 is 0. The number of carbonyl (C=O) groups excluding carboxylic acids is 2. The zero-order valence-electron chi connectivity index (χ0n) is 14.7. The summed E-state index contributed by atoms with van der Waals surface area (Å²) in [5.41, 5.74) is 1.05. The van der Waals surface area contributed by atoms with Crippen molar-refractivity contribution in [2.24, 2.45) is 11.8 Å². The number of rotatable bonds is 4. The van der Waals surface area contributed by atoms with Crippen LogP contribution in [0, 0.1) is 11.8 Å². The van der Waals surface area contributed by atoms with Crippen LogP contribution < -0.4 is 0 Å². The summed E-state index contributed by atoms with van der Waals surface area (Å²) in [4.78, 5) is 24.2. The van der Waals surface area contributed by atoms with Crippen LogP contribution in [0.15, 0.2) is 24.3 Å². The van der Waals surface area contributed by atoms with Gasteiger partial charge in [0.1, 0.15) is 11.7 Å². The second-order valence-corrected chi connectivity index (χ2v) is 7.34. The molecule has 0 spiro atoms. The van der Waals surface area contributed by atoms with E-state index in [1.807, 2.05) is 31.2 Å². The number of carbonyl (C=O) groups is 2. The summed E-state index contributed by atoms with van der Waals surface area (Å²) in [6.07, 6.45) is -1.24. The van der Waals surface area contributed by atoms with Gasteiger partial charge in [0, 0.05) is 11.1 Å². The fourth-order valence-electron chi connectivity index (χ4n) is 3.11. The Morgan fingerprint density at radius 1 is 1.00 bits per heavy atom. The van der Waals surface area contributed by atoms with E-state index in [9.17, 15) is 9.59 Å². The van der Waals surface area contributed by atoms with Crippen LogP contribution in [0.25, 0.3) is 0 Å². The Bertz CT molecular complexity index is 665. The molecule has 130 valence electrons. The lowest BCUT2D eigenvalue weighted by Crippen LogP contribution is -2.36. The van der Waals surface area contributed by atoms with Crippen molar-refractivity contribution in [1.29, 1.82) is 0 Å². The van der Waals surface area contributed by atoms with Gasteiger partial charge in [-0.3, -0.25) is 9.59 Å². The highest BCUT2D eigenvalue weighted by Crippen LogP contribution is 2.59. The molecular weight excluding hydrogens is 308 g/mol. The van der Waals surface area contributed by atoms with Crippen molar-refractivity contribution in [2.75, 3.05) is 0 Å². The molecule has 4 atom stereocenters. The minimum atomic E-state index is -0.652. The molecule has 1 fully saturated rings. The highest BCUT2D eigenvalue weighted by molar-refractivity contribution is 5.73. The van der Waals surface area contributed by atoms with E-state index in [4.69, 9.17) is 14.2 Å². The highest BCUT2D eigenvalue weighted by Gasteiger charge is 2.68. The largest absolute Gasteiger partial charge is 0.454 e. The van der Waals surface area contributed by atoms with Crippen molar-refractivity contribution >= 4 is 11.9 Å². The van der Waals surface area contributed by atoms with E-state index in [1.165, 1.54) is 0 Å². The Kier molecular flexibility index (Phi) is 4.16. The summed E-state index contributed by atoms with van der Waals surface area (Å²) in [6.45, 7) is 9.12. The number of epoxide rings is 1. The van der Waals surface area contributed by atoms with E-state index in [2.05, 4.69) is 0 Å². The third-order valence-electron chi connectivity index (χ3n) is 4.69. The van der Waals surface area contributed by atoms with Gasteiger partial charge in [-0.1, -0.05) is 52.0 Å². The Morgan fingerprint density at radius 2 is 1.54 bits per heavy atom. The van der Waals surface area contributed by atoms with Crippen molar-refractivity contribution in [2.45, 2.75) is 58.5 Å². The van der Waals surface area contributed by atoms with Crippen LogP contribution in [0.4, 0.5) is 0 Å². The minimum absolute atomic E-state index is 0.210. The summed E-state index contributed by atoms with van der Waals surface area (Å²) < 4.78 is 17.3. The van der Waals surface area contributed by atoms with Crippen LogP contribution in [0.5, 0.6) is 0 Å². The topological polar surface area (TPSA) is 65.1 Å². The Morgan fingerprint density at radius 3 is 2.12 bits per heavy atom. The summed E-state index contributed by atoms with van der Waals surface area (Å²) in [6, 6.07) is 7.60. The molecule has 1 aliphatic carbocycles. The first-order chi connectivity index (χ1) is 11.3. The second kappa shape index (κ2) is 5.88. The molecule has 0 saturated carbocycles. The van der Waals surface area contributed by atoms with Crippen LogP contribution >= 0.6 is 0 Å². The molecule has 0 N–H and O–H groups in total. The molecule has 0 bridgehead atoms. The molecular formula is C19H24O5. The fraction of sp³-hybridized carbons (Fsp3) is 0.579. The first-order valence-electron chi connectivity index (χ1n) is 8.43. The molecule has 24 heavy (non-hydrogen) atoms. The summed E-state index contributed by atoms with van der Waals surface area (Å²) in [7, 11) is 0. The van der Waals surface area contributed by atoms with E-state index >= 15 is 0 Å². The molecule has 1 heterocycles. The maximum atomic E-state index is 12.1. The molecule has 1 aromatic rings. The van der Waals surface area contributed by atoms with Crippen molar-refractivity contribution in [3.8, 4) is 0 Å². The van der Waals surface area contributed by atoms with Gasteiger partial charge in [-0.15, -0.1) is 0 Å². The van der Waals surface area contributed by atoms with Gasteiger partial charge in [-0.25, -0.2) is 0 Å². The van der Waals surface area contributed by atoms with Gasteiger partial charge in [0.05, 0.1) is 11.8 Å². The van der Waals surface area contributed by atoms with Crippen LogP contribution in [0.2, 0.25) is 0 Å². The smallest absolute Gasteiger partial charge is 0.309 e. The fourth-order valence-corrected chi connectivity index (χ4v) is 3.11. The lowest BCUT2D eigenvalue weighted by atomic mass is 9.80. The standard InChI is InChI=1S/C19H24O5/c1-10(2)17(20)22-14-12-8-6-7-9-13(12)15(19(5)16(14)24-19)23-18(21)11(3)4/h6-11,14-16H,1-5H3/t14-,15+,16-,19+/m1/s1. The molecule has 0 radical (unpaired) electrons. The first-order valence-corrected chi connectivity index (χ1v) is 8.43. The van der Waals surface area contributed by atoms with E-state index < -0.39 is 17.8 Å². The zero-order valence-corrected chi connectivity index (χ0v) is 14.7. The van der Waals surface area contributed by atoms with Gasteiger partial charge in [0.2, 0.25) is 0 Å². The van der Waals surface area contributed by atoms with Crippen LogP contribution in [-0.2, 0) is 23.8 Å². The molecule has 3 rings (SSSR count). The molecule has 5 heteroatoms. The second-order valence-electron chi connectivity index (χ2n) is 7.34. The van der Waals surface area contributed by atoms with Crippen molar-refractivity contribution in [3.63, 3.8) is 0 Å². The van der Waals surface area contributed by atoms with Gasteiger partial charge in [0.25, 0.3) is 0 Å². The number of hydrogen-bond acceptors (Lipinski definition) is 5. The Labute approximate surface area is 142 Å². The third kappa shape index (κ3) is 2.71. The number of benzene rings is 1. The van der Waals surface area contributed by atoms with Gasteiger partial charge in [-0.05, 0) is 6.92 Å². The highest BCUT2D eigenvalue weighted by atomic mass is 16.7. The molecule has 1 saturated heterocycles. The van der Waals surface area contributed by atoms with Gasteiger partial charge < -0.3 is 14.2 Å². The molecule has 1 aliphatic heterocycles. The number of fused-ring (bicyclic) bond motifs is 2. The summed E-state index contributed by atoms with van der Waals surface area (Å²) in [5.74, 6) is -0.943. The number of hydrogen-bond donors (Lipinski definition) is 0. The summed E-state index contributed by atoms with van der Waals surface area (Å²) in [5, 5.41) is 0. The van der Waals surface area contributed by atoms with Crippen LogP contribution in [0.3, 0.4) is 0 Å². The van der Waals surface area contributed by atoms with Crippen molar-refractivity contribution in [3.05, 3.63) is 35.4 Å². The van der Waals surface area contributed by atoms with Gasteiger partial charge in [-0.2, -0.15) is 0 Å². The molecule has 2 aliphatic rings. The predicted octanol–water partition coefficient (Wildman–Crippen LogP) is 3.34. The monoisotopic (exact) mass is 332 g/mol. The van der Waals surface area contributed by atoms with E-state index in [1.54, 1.807) is 27.7 Å². The lowest BCUT2D eigenvalue weighted by Gasteiger charge is -2.32. The van der Waals surface area contributed by atoms with Crippen LogP contribution in [0.1, 0.15) is 58.0 Å². The number of ether oxygens (including phenoxy) is 3. The average Bonchev–Trinajstić information content (AvgIpc) is 3.22. The zero-order chi connectivity index (χ0) is 17.6. The maximum absolute atomic E-state index is 12.1. The molecule has 0 unspecified atom stereocenters. The molecule has 1 aromatic carbocycles. The first kappa shape index (κ1) is 17.0. The van der Waals surface area contributed by atoms with Crippen molar-refractivity contribution < 1.29 is 23.8 Å². The minimum Gasteiger partial charge on any atom is -0.454 e. The van der Waals surface area contributed by atoms with Crippen LogP contribution in [-0.4, -0.2) is 23.6 Å². The van der Waals surface area contributed by atoms with E-state index in [0.29, 0.717) is 0 Å². The van der Waals surface area contributed by atoms with Gasteiger partial charge in [0.15, 0.2) is 12.2 Å². The molecule has 0 aromatic heterocycles. The predicted molar refractivity (Wildman–Crippen MR) is 87.1 cm³/mol. The van der Waals surface area contributed by atoms with E-state index in [0.717, 1.165) is 11.1 Å². The average molecular weight is 332 g/mol. The van der Waals surface area contributed by atoms with E-state index in [-0.39, 0.29) is 29.9 Å². The SMILES string of the molecule is CC(C)C(=O)O[C@@H]1c2ccccc2[C@H](OC(=O)C(C)C)[C@]2(C)O[C@H]12. The van der Waals surface area contributed by atoms with Crippen molar-refractivity contribution in [1.82, 2.24) is 0 Å². The Hall–Kier alpha value is -1.88. The maximum Gasteiger partial charge on any atom is 0.309 e. The number of esters is 2. The third-order valence-corrected chi connectivity index (χ3v) is 4.69. The molecule has 5 nitrogen and oxygen atoms in total. The quantitative estimate of drug-likeness (QED) is 0.625. The van der Waals surface area contributed by atoms with Gasteiger partial charge >= 0.3 is 11.9 Å². The lowest BCUT2D eigenvalue weighted by molar-refractivity contribution is -0.159. The molecule has 0 amide bonds. The Balaban J connectivity index is 1.95.